The molecule has 6 rings (SSSR count). The van der Waals surface area contributed by atoms with Crippen molar-refractivity contribution in [2.45, 2.75) is 25.0 Å². The van der Waals surface area contributed by atoms with Gasteiger partial charge in [0, 0.05) is 36.0 Å². The number of hydrogen-bond acceptors (Lipinski definition) is 8. The highest BCUT2D eigenvalue weighted by molar-refractivity contribution is 7.10. The Kier molecular flexibility index (Phi) is 11.2. The topological polar surface area (TPSA) is 68.3 Å². The number of aromatic nitrogens is 2. The van der Waals surface area contributed by atoms with Crippen LogP contribution in [0.1, 0.15) is 34.8 Å². The molecule has 0 saturated carbocycles. The van der Waals surface area contributed by atoms with Crippen molar-refractivity contribution < 1.29 is 18.3 Å². The molecule has 44 heavy (non-hydrogen) atoms. The van der Waals surface area contributed by atoms with E-state index in [1.165, 1.54) is 34.8 Å². The van der Waals surface area contributed by atoms with Gasteiger partial charge in [-0.25, -0.2) is 8.78 Å². The van der Waals surface area contributed by atoms with Gasteiger partial charge in [0.05, 0.1) is 20.8 Å². The Labute approximate surface area is 263 Å². The number of ether oxygens (including phenoxy) is 2. The summed E-state index contributed by atoms with van der Waals surface area (Å²) in [6, 6.07) is 22.2. The van der Waals surface area contributed by atoms with Gasteiger partial charge in [0.2, 0.25) is 0 Å². The lowest BCUT2D eigenvalue weighted by molar-refractivity contribution is 0.196. The Balaban J connectivity index is 0.000000175. The summed E-state index contributed by atoms with van der Waals surface area (Å²) in [6.45, 7) is 1.51. The van der Waals surface area contributed by atoms with Gasteiger partial charge >= 0.3 is 0 Å². The van der Waals surface area contributed by atoms with Crippen molar-refractivity contribution in [1.29, 1.82) is 0 Å². The molecule has 4 aromatic heterocycles. The van der Waals surface area contributed by atoms with E-state index in [4.69, 9.17) is 9.47 Å². The van der Waals surface area contributed by atoms with Gasteiger partial charge in [-0.1, -0.05) is 12.1 Å². The van der Waals surface area contributed by atoms with Crippen molar-refractivity contribution in [3.8, 4) is 11.5 Å². The minimum Gasteiger partial charge on any atom is -0.484 e. The Morgan fingerprint density at radius 2 is 1.09 bits per heavy atom. The third kappa shape index (κ3) is 7.75. The maximum absolute atomic E-state index is 13.9. The molecule has 0 amide bonds. The number of benzene rings is 2. The van der Waals surface area contributed by atoms with Gasteiger partial charge in [-0.05, 0) is 98.6 Å². The molecule has 6 aromatic rings. The molecule has 0 fully saturated rings. The molecule has 0 aliphatic heterocycles. The normalized spacial score (nSPS) is 12.5. The summed E-state index contributed by atoms with van der Waals surface area (Å²) in [5.74, 6) is 1.06. The number of thiophene rings is 2. The fourth-order valence-electron chi connectivity index (χ4n) is 4.77. The van der Waals surface area contributed by atoms with E-state index in [0.717, 1.165) is 46.4 Å². The third-order valence-electron chi connectivity index (χ3n) is 6.94. The van der Waals surface area contributed by atoms with Crippen molar-refractivity contribution in [3.63, 3.8) is 0 Å². The zero-order chi connectivity index (χ0) is 30.7. The van der Waals surface area contributed by atoms with Gasteiger partial charge in [0.1, 0.15) is 35.3 Å². The predicted molar refractivity (Wildman–Crippen MR) is 176 cm³/mol. The van der Waals surface area contributed by atoms with Crippen LogP contribution in [0.4, 0.5) is 8.78 Å². The number of nitrogens with one attached hydrogen (secondary N) is 2. The van der Waals surface area contributed by atoms with Crippen LogP contribution < -0.4 is 20.1 Å². The fourth-order valence-corrected chi connectivity index (χ4v) is 6.44. The zero-order valence-electron chi connectivity index (χ0n) is 24.5. The Hall–Kier alpha value is -3.96. The van der Waals surface area contributed by atoms with Crippen LogP contribution in [0.25, 0.3) is 21.8 Å². The van der Waals surface area contributed by atoms with E-state index in [1.54, 1.807) is 23.2 Å². The van der Waals surface area contributed by atoms with Gasteiger partial charge in [-0.15, -0.1) is 22.7 Å². The van der Waals surface area contributed by atoms with E-state index in [2.05, 4.69) is 20.6 Å². The van der Waals surface area contributed by atoms with Crippen LogP contribution in [-0.2, 0) is 0 Å². The first-order valence-corrected chi connectivity index (χ1v) is 16.1. The Morgan fingerprint density at radius 3 is 1.48 bits per heavy atom. The average molecular weight is 633 g/mol. The largest absolute Gasteiger partial charge is 0.484 e. The lowest BCUT2D eigenvalue weighted by Gasteiger charge is -2.19. The molecule has 228 valence electrons. The van der Waals surface area contributed by atoms with Crippen molar-refractivity contribution in [2.75, 3.05) is 27.2 Å². The summed E-state index contributed by atoms with van der Waals surface area (Å²) < 4.78 is 40.2. The smallest absolute Gasteiger partial charge is 0.140 e. The van der Waals surface area contributed by atoms with Crippen LogP contribution in [-0.4, -0.2) is 37.2 Å². The van der Waals surface area contributed by atoms with E-state index in [1.807, 2.05) is 74.8 Å². The number of hydrogen-bond donors (Lipinski definition) is 2. The van der Waals surface area contributed by atoms with Gasteiger partial charge in [-0.2, -0.15) is 0 Å². The molecular formula is C34H34F2N4O2S2. The minimum absolute atomic E-state index is 0.204. The van der Waals surface area contributed by atoms with E-state index in [0.29, 0.717) is 22.6 Å². The molecule has 0 radical (unpaired) electrons. The highest BCUT2D eigenvalue weighted by atomic mass is 32.1. The monoisotopic (exact) mass is 632 g/mol. The second kappa shape index (κ2) is 15.7. The number of halogens is 2. The highest BCUT2D eigenvalue weighted by Crippen LogP contribution is 2.35. The molecule has 10 heteroatoms. The summed E-state index contributed by atoms with van der Waals surface area (Å²) in [5.41, 5.74) is 1.75. The summed E-state index contributed by atoms with van der Waals surface area (Å²) in [5, 5.41) is 11.6. The first-order chi connectivity index (χ1) is 21.6. The quantitative estimate of drug-likeness (QED) is 0.141. The van der Waals surface area contributed by atoms with Gasteiger partial charge in [-0.3, -0.25) is 9.97 Å². The van der Waals surface area contributed by atoms with Crippen molar-refractivity contribution in [3.05, 3.63) is 117 Å². The molecular weight excluding hydrogens is 599 g/mol. The standard InChI is InChI=1S/2C17H17FN2OS/c2*1-19-10-7-16(17-13(18)8-11-22-17)21-15-6-2-5-14-12(15)4-3-9-20-14/h2*2-6,8-9,11,16,19H,7,10H2,1H3/t2*16-/m10/s1. The molecule has 2 atom stereocenters. The lowest BCUT2D eigenvalue weighted by Crippen LogP contribution is -2.16. The molecule has 6 nitrogen and oxygen atoms in total. The van der Waals surface area contributed by atoms with Gasteiger partial charge in [0.15, 0.2) is 0 Å². The number of nitrogens with zero attached hydrogens (tertiary/aromatic N) is 2. The van der Waals surface area contributed by atoms with Crippen LogP contribution in [0, 0.1) is 11.6 Å². The van der Waals surface area contributed by atoms with Gasteiger partial charge < -0.3 is 20.1 Å². The fraction of sp³-hybridized carbons (Fsp3) is 0.235. The van der Waals surface area contributed by atoms with Crippen LogP contribution in [0.15, 0.2) is 96.0 Å². The first kappa shape index (κ1) is 31.5. The average Bonchev–Trinajstić information content (AvgIpc) is 3.69. The molecule has 0 saturated heterocycles. The number of fused-ring (bicyclic) bond motifs is 2. The molecule has 0 aliphatic rings. The Morgan fingerprint density at radius 1 is 0.636 bits per heavy atom. The minimum atomic E-state index is -0.307. The van der Waals surface area contributed by atoms with Crippen LogP contribution >= 0.6 is 22.7 Å². The van der Waals surface area contributed by atoms with E-state index >= 15 is 0 Å². The third-order valence-corrected chi connectivity index (χ3v) is 8.91. The van der Waals surface area contributed by atoms with Crippen LogP contribution in [0.2, 0.25) is 0 Å². The molecule has 0 spiro atoms. The molecule has 0 aliphatic carbocycles. The van der Waals surface area contributed by atoms with Crippen molar-refractivity contribution in [2.24, 2.45) is 0 Å². The van der Waals surface area contributed by atoms with E-state index < -0.39 is 0 Å². The van der Waals surface area contributed by atoms with Gasteiger partial charge in [0.25, 0.3) is 0 Å². The summed E-state index contributed by atoms with van der Waals surface area (Å²) in [7, 11) is 3.76. The number of rotatable bonds is 12. The molecule has 0 unspecified atom stereocenters. The van der Waals surface area contributed by atoms with Crippen molar-refractivity contribution in [1.82, 2.24) is 20.6 Å². The predicted octanol–water partition coefficient (Wildman–Crippen LogP) is 8.33. The maximum Gasteiger partial charge on any atom is 0.140 e. The second-order valence-corrected chi connectivity index (χ2v) is 11.8. The number of pyridine rings is 2. The molecule has 2 N–H and O–H groups in total. The second-order valence-electron chi connectivity index (χ2n) is 9.92. The Bertz CT molecular complexity index is 1640. The maximum atomic E-state index is 13.9. The SMILES string of the molecule is CNCC[C@@H](Oc1cccc2ncccc12)c1sccc1F.CNCC[C@H](Oc1cccc2ncccc12)c1sccc1F. The van der Waals surface area contributed by atoms with Crippen LogP contribution in [0.5, 0.6) is 11.5 Å². The van der Waals surface area contributed by atoms with E-state index in [9.17, 15) is 8.78 Å². The summed E-state index contributed by atoms with van der Waals surface area (Å²) in [6.07, 6.45) is 4.29. The molecule has 2 aromatic carbocycles. The van der Waals surface area contributed by atoms with Crippen LogP contribution in [0.3, 0.4) is 0 Å². The lowest BCUT2D eigenvalue weighted by atomic mass is 10.1. The molecule has 4 heterocycles. The first-order valence-electron chi connectivity index (χ1n) is 14.3. The zero-order valence-corrected chi connectivity index (χ0v) is 26.1. The summed E-state index contributed by atoms with van der Waals surface area (Å²) in [4.78, 5) is 9.93. The molecule has 0 bridgehead atoms. The highest BCUT2D eigenvalue weighted by Gasteiger charge is 2.21. The summed E-state index contributed by atoms with van der Waals surface area (Å²) >= 11 is 2.78. The van der Waals surface area contributed by atoms with E-state index in [-0.39, 0.29) is 23.8 Å². The van der Waals surface area contributed by atoms with Crippen molar-refractivity contribution >= 4 is 44.5 Å².